The average Bonchev–Trinajstić information content (AvgIpc) is 3.32. The van der Waals surface area contributed by atoms with Crippen LogP contribution in [0.5, 0.6) is 5.75 Å². The molecular weight excluding hydrogens is 445 g/mol. The van der Waals surface area contributed by atoms with E-state index in [9.17, 15) is 9.18 Å². The number of nitrogens with zero attached hydrogens (tertiary/aromatic N) is 4. The molecule has 0 bridgehead atoms. The third-order valence-electron chi connectivity index (χ3n) is 6.49. The molecule has 1 aliphatic heterocycles. The number of fused-ring (bicyclic) bond motifs is 3. The van der Waals surface area contributed by atoms with Crippen LogP contribution in [-0.2, 0) is 13.1 Å². The standard InChI is InChI=1S/C24H27ClFN5O2/c1-4-7-27-16-9-17(10-16)33-21-8-15(26)5-6-18(21)24(32)30-11-19-20(12-30)29-31-14(3)22(25)13(2)28-23(19)31/h5-6,8,16-17,27H,4,7,9-12H2,1-3H3/t16-,17+. The number of amides is 1. The number of benzene rings is 1. The topological polar surface area (TPSA) is 71.8 Å². The Labute approximate surface area is 196 Å². The van der Waals surface area contributed by atoms with Gasteiger partial charge >= 0.3 is 0 Å². The Morgan fingerprint density at radius 3 is 2.85 bits per heavy atom. The van der Waals surface area contributed by atoms with Gasteiger partial charge in [0.2, 0.25) is 0 Å². The molecule has 174 valence electrons. The molecule has 33 heavy (non-hydrogen) atoms. The summed E-state index contributed by atoms with van der Waals surface area (Å²) >= 11 is 6.32. The van der Waals surface area contributed by atoms with Crippen LogP contribution < -0.4 is 10.1 Å². The SMILES string of the molecule is CCCN[C@H]1C[C@@H](Oc2cc(F)ccc2C(=O)N2Cc3nn4c(C)c(Cl)c(C)nc4c3C2)C1. The van der Waals surface area contributed by atoms with E-state index in [0.717, 1.165) is 54.1 Å². The number of nitrogens with one attached hydrogen (secondary N) is 1. The minimum absolute atomic E-state index is 0.0207. The van der Waals surface area contributed by atoms with Gasteiger partial charge in [-0.05, 0) is 51.8 Å². The molecule has 1 amide bonds. The van der Waals surface area contributed by atoms with Crippen LogP contribution in [0.25, 0.3) is 5.65 Å². The van der Waals surface area contributed by atoms with Crippen molar-refractivity contribution in [2.24, 2.45) is 0 Å². The highest BCUT2D eigenvalue weighted by Crippen LogP contribution is 2.33. The zero-order chi connectivity index (χ0) is 23.3. The number of aromatic nitrogens is 3. The van der Waals surface area contributed by atoms with E-state index in [-0.39, 0.29) is 12.0 Å². The molecule has 0 atom stereocenters. The summed E-state index contributed by atoms with van der Waals surface area (Å²) in [5.41, 5.74) is 4.36. The van der Waals surface area contributed by atoms with Gasteiger partial charge in [-0.15, -0.1) is 0 Å². The smallest absolute Gasteiger partial charge is 0.258 e. The van der Waals surface area contributed by atoms with Crippen LogP contribution in [0.15, 0.2) is 18.2 Å². The molecule has 1 saturated carbocycles. The minimum atomic E-state index is -0.420. The summed E-state index contributed by atoms with van der Waals surface area (Å²) in [6.45, 7) is 7.61. The highest BCUT2D eigenvalue weighted by atomic mass is 35.5. The van der Waals surface area contributed by atoms with Crippen LogP contribution in [0.2, 0.25) is 5.02 Å². The van der Waals surface area contributed by atoms with Gasteiger partial charge in [0.1, 0.15) is 17.7 Å². The van der Waals surface area contributed by atoms with Gasteiger partial charge in [0, 0.05) is 17.7 Å². The van der Waals surface area contributed by atoms with Crippen molar-refractivity contribution < 1.29 is 13.9 Å². The largest absolute Gasteiger partial charge is 0.489 e. The third-order valence-corrected chi connectivity index (χ3v) is 7.04. The molecule has 3 heterocycles. The second kappa shape index (κ2) is 8.57. The van der Waals surface area contributed by atoms with Crippen LogP contribution in [0.4, 0.5) is 4.39 Å². The first-order valence-electron chi connectivity index (χ1n) is 11.4. The zero-order valence-corrected chi connectivity index (χ0v) is 19.7. The quantitative estimate of drug-likeness (QED) is 0.583. The molecular formula is C24H27ClFN5O2. The molecule has 1 fully saturated rings. The summed E-state index contributed by atoms with van der Waals surface area (Å²) in [5, 5.41) is 8.69. The first-order chi connectivity index (χ1) is 15.9. The molecule has 0 radical (unpaired) electrons. The molecule has 0 spiro atoms. The fraction of sp³-hybridized carbons (Fsp3) is 0.458. The molecule has 7 nitrogen and oxygen atoms in total. The van der Waals surface area contributed by atoms with E-state index in [2.05, 4.69) is 22.3 Å². The van der Waals surface area contributed by atoms with E-state index < -0.39 is 5.82 Å². The maximum Gasteiger partial charge on any atom is 0.258 e. The number of carbonyl (C=O) groups excluding carboxylic acids is 1. The van der Waals surface area contributed by atoms with E-state index in [0.29, 0.717) is 35.5 Å². The van der Waals surface area contributed by atoms with Crippen LogP contribution in [0, 0.1) is 19.7 Å². The van der Waals surface area contributed by atoms with Crippen LogP contribution in [0.3, 0.4) is 0 Å². The fourth-order valence-electron chi connectivity index (χ4n) is 4.55. The fourth-order valence-corrected chi connectivity index (χ4v) is 4.68. The third kappa shape index (κ3) is 3.95. The van der Waals surface area contributed by atoms with E-state index in [1.54, 1.807) is 9.42 Å². The lowest BCUT2D eigenvalue weighted by molar-refractivity contribution is 0.0701. The predicted molar refractivity (Wildman–Crippen MR) is 123 cm³/mol. The lowest BCUT2D eigenvalue weighted by Gasteiger charge is -2.36. The Balaban J connectivity index is 1.34. The van der Waals surface area contributed by atoms with Gasteiger partial charge in [-0.2, -0.15) is 5.10 Å². The van der Waals surface area contributed by atoms with Gasteiger partial charge in [-0.1, -0.05) is 18.5 Å². The molecule has 9 heteroatoms. The van der Waals surface area contributed by atoms with Crippen LogP contribution in [-0.4, -0.2) is 44.1 Å². The van der Waals surface area contributed by atoms with E-state index in [4.69, 9.17) is 16.3 Å². The van der Waals surface area contributed by atoms with Crippen LogP contribution in [0.1, 0.15) is 59.2 Å². The number of hydrogen-bond donors (Lipinski definition) is 1. The summed E-state index contributed by atoms with van der Waals surface area (Å²) in [7, 11) is 0. The first kappa shape index (κ1) is 22.1. The van der Waals surface area contributed by atoms with Gasteiger partial charge < -0.3 is 15.0 Å². The van der Waals surface area contributed by atoms with Gasteiger partial charge in [0.25, 0.3) is 5.91 Å². The second-order valence-electron chi connectivity index (χ2n) is 8.92. The van der Waals surface area contributed by atoms with Gasteiger partial charge in [0.05, 0.1) is 40.8 Å². The number of rotatable bonds is 6. The van der Waals surface area contributed by atoms with Gasteiger partial charge in [-0.3, -0.25) is 4.79 Å². The predicted octanol–water partition coefficient (Wildman–Crippen LogP) is 4.20. The summed E-state index contributed by atoms with van der Waals surface area (Å²) in [6, 6.07) is 4.53. The van der Waals surface area contributed by atoms with Crippen molar-refractivity contribution >= 4 is 23.2 Å². The molecule has 1 N–H and O–H groups in total. The average molecular weight is 472 g/mol. The molecule has 0 saturated heterocycles. The van der Waals surface area contributed by atoms with Crippen molar-refractivity contribution in [1.29, 1.82) is 0 Å². The van der Waals surface area contributed by atoms with Crippen molar-refractivity contribution in [3.63, 3.8) is 0 Å². The second-order valence-corrected chi connectivity index (χ2v) is 9.30. The number of ether oxygens (including phenoxy) is 1. The summed E-state index contributed by atoms with van der Waals surface area (Å²) in [6.07, 6.45) is 2.76. The lowest BCUT2D eigenvalue weighted by Crippen LogP contribution is -2.47. The molecule has 2 aliphatic rings. The van der Waals surface area contributed by atoms with Crippen LogP contribution >= 0.6 is 11.6 Å². The molecule has 5 rings (SSSR count). The Hall–Kier alpha value is -2.71. The Morgan fingerprint density at radius 2 is 2.09 bits per heavy atom. The zero-order valence-electron chi connectivity index (χ0n) is 19.0. The van der Waals surface area contributed by atoms with Crippen molar-refractivity contribution in [3.05, 3.63) is 57.2 Å². The van der Waals surface area contributed by atoms with E-state index in [1.807, 2.05) is 13.8 Å². The maximum absolute atomic E-state index is 14.0. The van der Waals surface area contributed by atoms with Crippen molar-refractivity contribution in [2.75, 3.05) is 6.54 Å². The van der Waals surface area contributed by atoms with Crippen molar-refractivity contribution in [2.45, 2.75) is 65.3 Å². The summed E-state index contributed by atoms with van der Waals surface area (Å²) < 4.78 is 21.8. The molecule has 1 aromatic carbocycles. The Kier molecular flexibility index (Phi) is 5.74. The summed E-state index contributed by atoms with van der Waals surface area (Å²) in [4.78, 5) is 19.7. The maximum atomic E-state index is 14.0. The number of carbonyl (C=O) groups is 1. The van der Waals surface area contributed by atoms with E-state index in [1.165, 1.54) is 18.2 Å². The molecule has 0 unspecified atom stereocenters. The lowest BCUT2D eigenvalue weighted by atomic mass is 9.89. The van der Waals surface area contributed by atoms with E-state index >= 15 is 0 Å². The number of hydrogen-bond acceptors (Lipinski definition) is 5. The first-order valence-corrected chi connectivity index (χ1v) is 11.8. The Bertz CT molecular complexity index is 1240. The molecule has 1 aliphatic carbocycles. The number of aryl methyl sites for hydroxylation is 2. The normalized spacial score (nSPS) is 19.6. The highest BCUT2D eigenvalue weighted by Gasteiger charge is 2.34. The number of halogens is 2. The molecule has 2 aromatic heterocycles. The van der Waals surface area contributed by atoms with Crippen molar-refractivity contribution in [1.82, 2.24) is 24.8 Å². The van der Waals surface area contributed by atoms with Crippen molar-refractivity contribution in [3.8, 4) is 5.75 Å². The minimum Gasteiger partial charge on any atom is -0.489 e. The van der Waals surface area contributed by atoms with Gasteiger partial charge in [-0.25, -0.2) is 13.9 Å². The monoisotopic (exact) mass is 471 g/mol. The summed E-state index contributed by atoms with van der Waals surface area (Å²) in [5.74, 6) is -0.325. The molecule has 3 aromatic rings. The van der Waals surface area contributed by atoms with Gasteiger partial charge in [0.15, 0.2) is 5.65 Å². The Morgan fingerprint density at radius 1 is 1.30 bits per heavy atom. The highest BCUT2D eigenvalue weighted by molar-refractivity contribution is 6.31.